The van der Waals surface area contributed by atoms with E-state index in [0.717, 1.165) is 15.8 Å². The molecule has 0 saturated carbocycles. The Kier molecular flexibility index (Phi) is 4.23. The Morgan fingerprint density at radius 1 is 1.57 bits per heavy atom. The summed E-state index contributed by atoms with van der Waals surface area (Å²) in [4.78, 5) is 16.6. The predicted molar refractivity (Wildman–Crippen MR) is 81.9 cm³/mol. The van der Waals surface area contributed by atoms with Crippen LogP contribution in [0.5, 0.6) is 0 Å². The first-order valence-electron chi connectivity index (χ1n) is 6.89. The van der Waals surface area contributed by atoms with Crippen molar-refractivity contribution in [1.82, 2.24) is 20.0 Å². The number of rotatable bonds is 3. The fourth-order valence-electron chi connectivity index (χ4n) is 2.42. The van der Waals surface area contributed by atoms with Crippen LogP contribution in [-0.2, 0) is 16.1 Å². The van der Waals surface area contributed by atoms with Crippen LogP contribution in [0.3, 0.4) is 0 Å². The van der Waals surface area contributed by atoms with Gasteiger partial charge >= 0.3 is 0 Å². The highest BCUT2D eigenvalue weighted by molar-refractivity contribution is 9.10. The van der Waals surface area contributed by atoms with Gasteiger partial charge in [-0.25, -0.2) is 4.98 Å². The van der Waals surface area contributed by atoms with Gasteiger partial charge in [0, 0.05) is 23.4 Å². The number of aromatic nitrogens is 2. The van der Waals surface area contributed by atoms with E-state index < -0.39 is 0 Å². The van der Waals surface area contributed by atoms with Crippen LogP contribution < -0.4 is 10.6 Å². The topological polar surface area (TPSA) is 67.7 Å². The van der Waals surface area contributed by atoms with Crippen molar-refractivity contribution in [2.75, 3.05) is 13.2 Å². The maximum Gasteiger partial charge on any atom is 0.240 e. The molecule has 2 aromatic heterocycles. The van der Waals surface area contributed by atoms with Crippen molar-refractivity contribution >= 4 is 27.5 Å². The highest BCUT2D eigenvalue weighted by Crippen LogP contribution is 2.12. The zero-order valence-electron chi connectivity index (χ0n) is 11.7. The molecule has 3 rings (SSSR count). The van der Waals surface area contributed by atoms with E-state index in [-0.39, 0.29) is 18.1 Å². The molecule has 1 saturated heterocycles. The number of fused-ring (bicyclic) bond motifs is 1. The quantitative estimate of drug-likeness (QED) is 0.867. The molecular weight excluding hydrogens is 336 g/mol. The second-order valence-electron chi connectivity index (χ2n) is 5.07. The molecular formula is C14H17BrN4O2. The Balaban J connectivity index is 1.64. The van der Waals surface area contributed by atoms with Gasteiger partial charge in [-0.15, -0.1) is 0 Å². The number of hydrogen-bond donors (Lipinski definition) is 2. The lowest BCUT2D eigenvalue weighted by molar-refractivity contribution is -0.129. The van der Waals surface area contributed by atoms with Crippen molar-refractivity contribution < 1.29 is 9.53 Å². The van der Waals surface area contributed by atoms with Crippen LogP contribution in [0.15, 0.2) is 29.0 Å². The van der Waals surface area contributed by atoms with Crippen LogP contribution in [0.25, 0.3) is 5.65 Å². The van der Waals surface area contributed by atoms with Crippen LogP contribution >= 0.6 is 15.9 Å². The first-order chi connectivity index (χ1) is 10.1. The third-order valence-corrected chi connectivity index (χ3v) is 3.98. The minimum Gasteiger partial charge on any atom is -0.375 e. The maximum atomic E-state index is 12.2. The lowest BCUT2D eigenvalue weighted by atomic mass is 10.1. The first kappa shape index (κ1) is 14.5. The molecule has 1 fully saturated rings. The Morgan fingerprint density at radius 2 is 2.43 bits per heavy atom. The number of carbonyl (C=O) groups is 1. The molecule has 21 heavy (non-hydrogen) atoms. The monoisotopic (exact) mass is 352 g/mol. The fourth-order valence-corrected chi connectivity index (χ4v) is 2.77. The van der Waals surface area contributed by atoms with Crippen molar-refractivity contribution in [2.24, 2.45) is 0 Å². The SMILES string of the molecule is C[C@H]1OCCN[C@@H]1C(=O)NCc1cn2cc(Br)ccc2n1. The first-order valence-corrected chi connectivity index (χ1v) is 7.68. The Bertz CT molecular complexity index is 657. The van der Waals surface area contributed by atoms with E-state index in [4.69, 9.17) is 4.74 Å². The van der Waals surface area contributed by atoms with E-state index >= 15 is 0 Å². The highest BCUT2D eigenvalue weighted by atomic mass is 79.9. The van der Waals surface area contributed by atoms with E-state index in [1.807, 2.05) is 35.9 Å². The number of ether oxygens (including phenoxy) is 1. The Morgan fingerprint density at radius 3 is 3.24 bits per heavy atom. The summed E-state index contributed by atoms with van der Waals surface area (Å²) in [5, 5.41) is 6.08. The minimum atomic E-state index is -0.301. The normalized spacial score (nSPS) is 22.4. The molecule has 0 aromatic carbocycles. The van der Waals surface area contributed by atoms with Crippen molar-refractivity contribution in [2.45, 2.75) is 25.6 Å². The van der Waals surface area contributed by atoms with Crippen LogP contribution in [-0.4, -0.2) is 40.6 Å². The molecule has 1 aliphatic heterocycles. The second-order valence-corrected chi connectivity index (χ2v) is 5.99. The molecule has 0 bridgehead atoms. The molecule has 0 radical (unpaired) electrons. The molecule has 6 nitrogen and oxygen atoms in total. The van der Waals surface area contributed by atoms with E-state index in [1.165, 1.54) is 0 Å². The number of amides is 1. The van der Waals surface area contributed by atoms with Crippen LogP contribution in [0, 0.1) is 0 Å². The number of halogens is 1. The molecule has 1 aliphatic rings. The standard InChI is InChI=1S/C14H17BrN4O2/c1-9-13(16-4-5-21-9)14(20)17-6-11-8-19-7-10(15)2-3-12(19)18-11/h2-3,7-9,13,16H,4-6H2,1H3,(H,17,20)/t9-,13+/m1/s1. The zero-order valence-corrected chi connectivity index (χ0v) is 13.3. The molecule has 2 N–H and O–H groups in total. The van der Waals surface area contributed by atoms with E-state index in [9.17, 15) is 4.79 Å². The molecule has 3 heterocycles. The molecule has 1 amide bonds. The molecule has 0 aliphatic carbocycles. The summed E-state index contributed by atoms with van der Waals surface area (Å²) in [5.41, 5.74) is 1.68. The lowest BCUT2D eigenvalue weighted by Crippen LogP contribution is -2.55. The lowest BCUT2D eigenvalue weighted by Gasteiger charge is -2.29. The van der Waals surface area contributed by atoms with Gasteiger partial charge in [0.1, 0.15) is 11.7 Å². The van der Waals surface area contributed by atoms with Gasteiger partial charge < -0.3 is 19.8 Å². The summed E-state index contributed by atoms with van der Waals surface area (Å²) in [6, 6.07) is 3.56. The average Bonchev–Trinajstić information content (AvgIpc) is 2.87. The zero-order chi connectivity index (χ0) is 14.8. The van der Waals surface area contributed by atoms with Crippen molar-refractivity contribution in [3.8, 4) is 0 Å². The number of carbonyl (C=O) groups excluding carboxylic acids is 1. The van der Waals surface area contributed by atoms with Gasteiger partial charge in [-0.2, -0.15) is 0 Å². The van der Waals surface area contributed by atoms with Crippen LogP contribution in [0.2, 0.25) is 0 Å². The third kappa shape index (κ3) is 3.25. The Hall–Kier alpha value is -1.44. The largest absolute Gasteiger partial charge is 0.375 e. The van der Waals surface area contributed by atoms with E-state index in [2.05, 4.69) is 31.5 Å². The van der Waals surface area contributed by atoms with E-state index in [1.54, 1.807) is 0 Å². The van der Waals surface area contributed by atoms with Gasteiger partial charge in [0.25, 0.3) is 0 Å². The number of nitrogens with zero attached hydrogens (tertiary/aromatic N) is 2. The van der Waals surface area contributed by atoms with Crippen molar-refractivity contribution in [3.63, 3.8) is 0 Å². The predicted octanol–water partition coefficient (Wildman–Crippen LogP) is 1.09. The van der Waals surface area contributed by atoms with Crippen LogP contribution in [0.1, 0.15) is 12.6 Å². The summed E-state index contributed by atoms with van der Waals surface area (Å²) < 4.78 is 8.39. The molecule has 2 aromatic rings. The van der Waals surface area contributed by atoms with Crippen molar-refractivity contribution in [3.05, 3.63) is 34.7 Å². The smallest absolute Gasteiger partial charge is 0.240 e. The highest BCUT2D eigenvalue weighted by Gasteiger charge is 2.27. The fraction of sp³-hybridized carbons (Fsp3) is 0.429. The summed E-state index contributed by atoms with van der Waals surface area (Å²) in [6.45, 7) is 3.65. The average molecular weight is 353 g/mol. The maximum absolute atomic E-state index is 12.2. The molecule has 2 atom stereocenters. The molecule has 0 unspecified atom stereocenters. The van der Waals surface area contributed by atoms with Gasteiger partial charge in [-0.3, -0.25) is 4.79 Å². The summed E-state index contributed by atoms with van der Waals surface area (Å²) >= 11 is 3.42. The number of imidazole rings is 1. The number of morpholine rings is 1. The summed E-state index contributed by atoms with van der Waals surface area (Å²) in [6.07, 6.45) is 3.73. The van der Waals surface area contributed by atoms with Crippen molar-refractivity contribution in [1.29, 1.82) is 0 Å². The van der Waals surface area contributed by atoms with Gasteiger partial charge in [0.05, 0.1) is 24.9 Å². The van der Waals surface area contributed by atoms with Gasteiger partial charge in [0.2, 0.25) is 5.91 Å². The summed E-state index contributed by atoms with van der Waals surface area (Å²) in [5.74, 6) is -0.0552. The van der Waals surface area contributed by atoms with E-state index in [0.29, 0.717) is 19.7 Å². The van der Waals surface area contributed by atoms with Gasteiger partial charge in [0.15, 0.2) is 0 Å². The molecule has 112 valence electrons. The number of pyridine rings is 1. The number of nitrogens with one attached hydrogen (secondary N) is 2. The Labute approximate surface area is 131 Å². The third-order valence-electron chi connectivity index (χ3n) is 3.51. The molecule has 0 spiro atoms. The van der Waals surface area contributed by atoms with Gasteiger partial charge in [-0.1, -0.05) is 0 Å². The summed E-state index contributed by atoms with van der Waals surface area (Å²) in [7, 11) is 0. The second kappa shape index (κ2) is 6.13. The molecule has 7 heteroatoms. The number of hydrogen-bond acceptors (Lipinski definition) is 4. The van der Waals surface area contributed by atoms with Gasteiger partial charge in [-0.05, 0) is 35.0 Å². The van der Waals surface area contributed by atoms with Crippen LogP contribution in [0.4, 0.5) is 0 Å². The minimum absolute atomic E-state index is 0.0552.